The van der Waals surface area contributed by atoms with Gasteiger partial charge in [0.15, 0.2) is 0 Å². The first-order valence-electron chi connectivity index (χ1n) is 7.14. The van der Waals surface area contributed by atoms with Crippen molar-refractivity contribution in [2.24, 2.45) is 0 Å². The number of amides is 2. The number of carbonyl (C=O) groups is 2. The minimum Gasteiger partial charge on any atom is -0.481 e. The summed E-state index contributed by atoms with van der Waals surface area (Å²) < 4.78 is 0. The topological polar surface area (TPSA) is 82.5 Å². The molecule has 2 rings (SSSR count). The fourth-order valence-corrected chi connectivity index (χ4v) is 3.48. The second kappa shape index (κ2) is 6.89. The summed E-state index contributed by atoms with van der Waals surface area (Å²) >= 11 is 1.48. The van der Waals surface area contributed by atoms with Gasteiger partial charge >= 0.3 is 12.0 Å². The van der Waals surface area contributed by atoms with Gasteiger partial charge in [-0.2, -0.15) is 0 Å². The lowest BCUT2D eigenvalue weighted by Gasteiger charge is -2.43. The van der Waals surface area contributed by atoms with Crippen LogP contribution in [0, 0.1) is 0 Å². The first-order chi connectivity index (χ1) is 10.0. The van der Waals surface area contributed by atoms with Crippen molar-refractivity contribution in [1.29, 1.82) is 0 Å². The maximum absolute atomic E-state index is 12.3. The molecule has 0 aliphatic heterocycles. The predicted molar refractivity (Wildman–Crippen MR) is 80.2 cm³/mol. The molecule has 21 heavy (non-hydrogen) atoms. The van der Waals surface area contributed by atoms with Crippen LogP contribution in [-0.4, -0.2) is 39.6 Å². The minimum absolute atomic E-state index is 0.0114. The van der Waals surface area contributed by atoms with Crippen LogP contribution in [0.4, 0.5) is 4.79 Å². The minimum atomic E-state index is -0.848. The Kier molecular flexibility index (Phi) is 5.17. The zero-order valence-corrected chi connectivity index (χ0v) is 13.0. The van der Waals surface area contributed by atoms with E-state index in [9.17, 15) is 14.7 Å². The van der Waals surface area contributed by atoms with Gasteiger partial charge in [-0.25, -0.2) is 4.79 Å². The Hall–Kier alpha value is -1.63. The number of nitrogens with zero attached hydrogens (tertiary/aromatic N) is 2. The number of carboxylic acid groups (broad SMARTS) is 1. The van der Waals surface area contributed by atoms with Gasteiger partial charge in [0, 0.05) is 18.1 Å². The van der Waals surface area contributed by atoms with Crippen molar-refractivity contribution in [1.82, 2.24) is 15.2 Å². The molecular formula is C14H21N3O3S. The summed E-state index contributed by atoms with van der Waals surface area (Å²) in [5.41, 5.74) is 1.17. The van der Waals surface area contributed by atoms with Crippen LogP contribution in [0.3, 0.4) is 0 Å². The van der Waals surface area contributed by atoms with Crippen LogP contribution in [0.1, 0.15) is 43.4 Å². The molecule has 1 heterocycles. The molecule has 2 N–H and O–H groups in total. The summed E-state index contributed by atoms with van der Waals surface area (Å²) in [5, 5.41) is 12.0. The summed E-state index contributed by atoms with van der Waals surface area (Å²) in [6.07, 6.45) is 6.29. The smallest absolute Gasteiger partial charge is 0.317 e. The summed E-state index contributed by atoms with van der Waals surface area (Å²) in [6.45, 7) is 0.428. The van der Waals surface area contributed by atoms with E-state index in [-0.39, 0.29) is 12.5 Å². The van der Waals surface area contributed by atoms with Gasteiger partial charge in [0.1, 0.15) is 0 Å². The number of thiazole rings is 1. The third kappa shape index (κ3) is 3.93. The second-order valence-electron chi connectivity index (χ2n) is 5.54. The van der Waals surface area contributed by atoms with E-state index in [2.05, 4.69) is 10.3 Å². The number of hydrogen-bond acceptors (Lipinski definition) is 4. The lowest BCUT2D eigenvalue weighted by Crippen LogP contribution is -2.54. The second-order valence-corrected chi connectivity index (χ2v) is 6.51. The fourth-order valence-electron chi connectivity index (χ4n) is 2.95. The van der Waals surface area contributed by atoms with Gasteiger partial charge in [0.2, 0.25) is 0 Å². The van der Waals surface area contributed by atoms with Crippen molar-refractivity contribution in [2.75, 3.05) is 7.05 Å². The highest BCUT2D eigenvalue weighted by Crippen LogP contribution is 2.35. The highest BCUT2D eigenvalue weighted by Gasteiger charge is 2.40. The lowest BCUT2D eigenvalue weighted by molar-refractivity contribution is -0.140. The highest BCUT2D eigenvalue weighted by atomic mass is 32.1. The molecule has 2 amide bonds. The largest absolute Gasteiger partial charge is 0.481 e. The highest BCUT2D eigenvalue weighted by molar-refractivity contribution is 7.09. The SMILES string of the molecule is CN(C(=O)NCc1cncs1)C1(CC(=O)O)CCCCC1. The zero-order chi connectivity index (χ0) is 15.3. The molecule has 0 bridgehead atoms. The molecule has 1 aromatic rings. The zero-order valence-electron chi connectivity index (χ0n) is 12.2. The van der Waals surface area contributed by atoms with Gasteiger partial charge in [-0.1, -0.05) is 19.3 Å². The number of carboxylic acids is 1. The molecule has 0 atom stereocenters. The van der Waals surface area contributed by atoms with E-state index < -0.39 is 11.5 Å². The van der Waals surface area contributed by atoms with Gasteiger partial charge < -0.3 is 15.3 Å². The number of urea groups is 1. The lowest BCUT2D eigenvalue weighted by atomic mass is 9.78. The molecule has 0 spiro atoms. The molecule has 0 aromatic carbocycles. The average molecular weight is 311 g/mol. The van der Waals surface area contributed by atoms with Crippen molar-refractivity contribution in [2.45, 2.75) is 50.6 Å². The van der Waals surface area contributed by atoms with Gasteiger partial charge in [-0.05, 0) is 12.8 Å². The summed E-state index contributed by atoms with van der Waals surface area (Å²) in [7, 11) is 1.70. The Morgan fingerprint density at radius 2 is 2.14 bits per heavy atom. The van der Waals surface area contributed by atoms with E-state index >= 15 is 0 Å². The van der Waals surface area contributed by atoms with Crippen molar-refractivity contribution in [3.63, 3.8) is 0 Å². The fraction of sp³-hybridized carbons (Fsp3) is 0.643. The molecule has 0 saturated heterocycles. The van der Waals surface area contributed by atoms with E-state index in [1.165, 1.54) is 11.3 Å². The third-order valence-corrected chi connectivity index (χ3v) is 4.96. The monoisotopic (exact) mass is 311 g/mol. The molecule has 116 valence electrons. The van der Waals surface area contributed by atoms with Gasteiger partial charge in [0.25, 0.3) is 0 Å². The molecule has 1 saturated carbocycles. The number of carbonyl (C=O) groups excluding carboxylic acids is 1. The van der Waals surface area contributed by atoms with Crippen LogP contribution in [0.15, 0.2) is 11.7 Å². The average Bonchev–Trinajstić information content (AvgIpc) is 2.97. The number of rotatable bonds is 5. The molecule has 1 aliphatic rings. The first kappa shape index (κ1) is 15.8. The van der Waals surface area contributed by atoms with Crippen molar-refractivity contribution >= 4 is 23.3 Å². The Bertz CT molecular complexity index is 484. The Labute approximate surface area is 128 Å². The van der Waals surface area contributed by atoms with Gasteiger partial charge in [-0.15, -0.1) is 11.3 Å². The normalized spacial score (nSPS) is 17.2. The maximum atomic E-state index is 12.3. The summed E-state index contributed by atoms with van der Waals surface area (Å²) in [6, 6.07) is -0.216. The van der Waals surface area contributed by atoms with Gasteiger partial charge in [-0.3, -0.25) is 9.78 Å². The van der Waals surface area contributed by atoms with Crippen molar-refractivity contribution in [3.8, 4) is 0 Å². The van der Waals surface area contributed by atoms with Crippen LogP contribution in [0.25, 0.3) is 0 Å². The van der Waals surface area contributed by atoms with Crippen LogP contribution in [0.5, 0.6) is 0 Å². The summed E-state index contributed by atoms with van der Waals surface area (Å²) in [5.74, 6) is -0.848. The summed E-state index contributed by atoms with van der Waals surface area (Å²) in [4.78, 5) is 30.1. The molecule has 0 radical (unpaired) electrons. The quantitative estimate of drug-likeness (QED) is 0.875. The predicted octanol–water partition coefficient (Wildman–Crippen LogP) is 2.46. The molecular weight excluding hydrogens is 290 g/mol. The molecule has 1 aromatic heterocycles. The standard InChI is InChI=1S/C14H21N3O3S/c1-17(13(20)16-9-11-8-15-10-21-11)14(7-12(18)19)5-3-2-4-6-14/h8,10H,2-7,9H2,1H3,(H,16,20)(H,18,19). The number of aromatic nitrogens is 1. The van der Waals surface area contributed by atoms with Crippen LogP contribution >= 0.6 is 11.3 Å². The Balaban J connectivity index is 2.00. The maximum Gasteiger partial charge on any atom is 0.317 e. The third-order valence-electron chi connectivity index (χ3n) is 4.18. The Morgan fingerprint density at radius 3 is 2.71 bits per heavy atom. The van der Waals surface area contributed by atoms with Crippen LogP contribution < -0.4 is 5.32 Å². The van der Waals surface area contributed by atoms with Crippen LogP contribution in [-0.2, 0) is 11.3 Å². The van der Waals surface area contributed by atoms with E-state index in [1.807, 2.05) is 0 Å². The van der Waals surface area contributed by atoms with Crippen LogP contribution in [0.2, 0.25) is 0 Å². The first-order valence-corrected chi connectivity index (χ1v) is 8.02. The Morgan fingerprint density at radius 1 is 1.43 bits per heavy atom. The number of hydrogen-bond donors (Lipinski definition) is 2. The number of nitrogens with one attached hydrogen (secondary N) is 1. The molecule has 1 fully saturated rings. The number of aliphatic carboxylic acids is 1. The molecule has 6 nitrogen and oxygen atoms in total. The van der Waals surface area contributed by atoms with E-state index in [0.717, 1.165) is 37.0 Å². The molecule has 1 aliphatic carbocycles. The van der Waals surface area contributed by atoms with Gasteiger partial charge in [0.05, 0.1) is 24.0 Å². The molecule has 0 unspecified atom stereocenters. The van der Waals surface area contributed by atoms with E-state index in [1.54, 1.807) is 23.7 Å². The van der Waals surface area contributed by atoms with Crippen molar-refractivity contribution < 1.29 is 14.7 Å². The van der Waals surface area contributed by atoms with E-state index in [4.69, 9.17) is 0 Å². The molecule has 7 heteroatoms. The van der Waals surface area contributed by atoms with Crippen molar-refractivity contribution in [3.05, 3.63) is 16.6 Å². The van der Waals surface area contributed by atoms with E-state index in [0.29, 0.717) is 6.54 Å².